The third kappa shape index (κ3) is 4.06. The highest BCUT2D eigenvalue weighted by Crippen LogP contribution is 2.27. The highest BCUT2D eigenvalue weighted by Gasteiger charge is 2.20. The number of hydrogen-bond acceptors (Lipinski definition) is 2. The molecular formula is C17H24N2O2. The maximum absolute atomic E-state index is 11.7. The van der Waals surface area contributed by atoms with Crippen molar-refractivity contribution in [3.8, 4) is 0 Å². The van der Waals surface area contributed by atoms with Crippen molar-refractivity contribution in [3.63, 3.8) is 0 Å². The molecule has 1 aromatic carbocycles. The molecule has 4 nitrogen and oxygen atoms in total. The summed E-state index contributed by atoms with van der Waals surface area (Å²) in [5.74, 6) is 0.686. The third-order valence-corrected chi connectivity index (χ3v) is 3.82. The minimum atomic E-state index is 0.119. The quantitative estimate of drug-likeness (QED) is 0.904. The van der Waals surface area contributed by atoms with Crippen LogP contribution in [-0.4, -0.2) is 25.4 Å². The standard InChI is InChI=1S/C17H24N2O2/c1-12(2)10-16(20)18-9-8-13-4-6-15-14(11-13)5-7-17(21)19(15)3/h4,6,11-12H,5,7-10H2,1-3H3,(H,18,20). The van der Waals surface area contributed by atoms with Gasteiger partial charge in [0.15, 0.2) is 0 Å². The van der Waals surface area contributed by atoms with E-state index in [4.69, 9.17) is 0 Å². The van der Waals surface area contributed by atoms with Crippen LogP contribution < -0.4 is 10.2 Å². The monoisotopic (exact) mass is 288 g/mol. The highest BCUT2D eigenvalue weighted by atomic mass is 16.2. The van der Waals surface area contributed by atoms with Crippen LogP contribution in [0.25, 0.3) is 0 Å². The predicted octanol–water partition coefficient (Wildman–Crippen LogP) is 2.30. The summed E-state index contributed by atoms with van der Waals surface area (Å²) >= 11 is 0. The average Bonchev–Trinajstić information content (AvgIpc) is 2.42. The molecule has 1 N–H and O–H groups in total. The number of amides is 2. The lowest BCUT2D eigenvalue weighted by molar-refractivity contribution is -0.121. The van der Waals surface area contributed by atoms with Crippen molar-refractivity contribution >= 4 is 17.5 Å². The van der Waals surface area contributed by atoms with Gasteiger partial charge in [0.05, 0.1) is 0 Å². The predicted molar refractivity (Wildman–Crippen MR) is 84.3 cm³/mol. The summed E-state index contributed by atoms with van der Waals surface area (Å²) in [5.41, 5.74) is 3.45. The normalized spacial score (nSPS) is 14.3. The minimum Gasteiger partial charge on any atom is -0.356 e. The van der Waals surface area contributed by atoms with E-state index in [2.05, 4.69) is 11.4 Å². The molecule has 4 heteroatoms. The van der Waals surface area contributed by atoms with Crippen LogP contribution in [0.4, 0.5) is 5.69 Å². The molecule has 0 aromatic heterocycles. The van der Waals surface area contributed by atoms with E-state index in [0.29, 0.717) is 25.3 Å². The molecule has 0 saturated heterocycles. The smallest absolute Gasteiger partial charge is 0.227 e. The Morgan fingerprint density at radius 1 is 1.33 bits per heavy atom. The SMILES string of the molecule is CC(C)CC(=O)NCCc1ccc2c(c1)CCC(=O)N2C. The maximum atomic E-state index is 11.7. The molecule has 114 valence electrons. The molecule has 0 aliphatic carbocycles. The van der Waals surface area contributed by atoms with Crippen molar-refractivity contribution in [1.82, 2.24) is 5.32 Å². The number of nitrogens with one attached hydrogen (secondary N) is 1. The zero-order valence-corrected chi connectivity index (χ0v) is 13.1. The first-order valence-corrected chi connectivity index (χ1v) is 7.62. The van der Waals surface area contributed by atoms with Crippen LogP contribution in [0.1, 0.15) is 37.8 Å². The van der Waals surface area contributed by atoms with E-state index in [1.54, 1.807) is 4.90 Å². The van der Waals surface area contributed by atoms with Gasteiger partial charge in [-0.2, -0.15) is 0 Å². The van der Waals surface area contributed by atoms with Gasteiger partial charge in [0.25, 0.3) is 0 Å². The van der Waals surface area contributed by atoms with E-state index in [1.165, 1.54) is 11.1 Å². The number of benzene rings is 1. The summed E-state index contributed by atoms with van der Waals surface area (Å²) in [5, 5.41) is 2.95. The molecule has 1 aromatic rings. The summed E-state index contributed by atoms with van der Waals surface area (Å²) < 4.78 is 0. The molecule has 0 fully saturated rings. The van der Waals surface area contributed by atoms with E-state index < -0.39 is 0 Å². The Morgan fingerprint density at radius 3 is 2.81 bits per heavy atom. The first-order chi connectivity index (χ1) is 9.97. The van der Waals surface area contributed by atoms with Crippen molar-refractivity contribution in [1.29, 1.82) is 0 Å². The number of rotatable bonds is 5. The summed E-state index contributed by atoms with van der Waals surface area (Å²) in [6.07, 6.45) is 2.80. The number of carbonyl (C=O) groups is 2. The van der Waals surface area contributed by atoms with Gasteiger partial charge in [-0.3, -0.25) is 9.59 Å². The van der Waals surface area contributed by atoms with Gasteiger partial charge in [-0.05, 0) is 36.0 Å². The van der Waals surface area contributed by atoms with Crippen LogP contribution >= 0.6 is 0 Å². The van der Waals surface area contributed by atoms with Crippen LogP contribution in [-0.2, 0) is 22.4 Å². The van der Waals surface area contributed by atoms with Gasteiger partial charge in [0, 0.05) is 32.1 Å². The number of carbonyl (C=O) groups excluding carboxylic acids is 2. The third-order valence-electron chi connectivity index (χ3n) is 3.82. The molecule has 0 saturated carbocycles. The van der Waals surface area contributed by atoms with Crippen LogP contribution in [0.15, 0.2) is 18.2 Å². The number of anilines is 1. The number of nitrogens with zero attached hydrogens (tertiary/aromatic N) is 1. The molecular weight excluding hydrogens is 264 g/mol. The Labute approximate surface area is 126 Å². The van der Waals surface area contributed by atoms with E-state index in [1.807, 2.05) is 33.0 Å². The minimum absolute atomic E-state index is 0.119. The van der Waals surface area contributed by atoms with Gasteiger partial charge in [-0.1, -0.05) is 26.0 Å². The molecule has 0 bridgehead atoms. The van der Waals surface area contributed by atoms with Gasteiger partial charge in [0.2, 0.25) is 11.8 Å². The van der Waals surface area contributed by atoms with Gasteiger partial charge >= 0.3 is 0 Å². The van der Waals surface area contributed by atoms with E-state index in [0.717, 1.165) is 18.5 Å². The fourth-order valence-corrected chi connectivity index (χ4v) is 2.65. The zero-order chi connectivity index (χ0) is 15.4. The molecule has 0 atom stereocenters. The summed E-state index contributed by atoms with van der Waals surface area (Å²) in [4.78, 5) is 25.0. The van der Waals surface area contributed by atoms with Gasteiger partial charge in [-0.15, -0.1) is 0 Å². The summed E-state index contributed by atoms with van der Waals surface area (Å²) in [6, 6.07) is 6.22. The Balaban J connectivity index is 1.91. The number of aryl methyl sites for hydroxylation is 1. The summed E-state index contributed by atoms with van der Waals surface area (Å²) in [7, 11) is 1.83. The van der Waals surface area contributed by atoms with Crippen LogP contribution in [0, 0.1) is 5.92 Å². The largest absolute Gasteiger partial charge is 0.356 e. The Kier molecular flexibility index (Phi) is 4.99. The second kappa shape index (κ2) is 6.74. The topological polar surface area (TPSA) is 49.4 Å². The lowest BCUT2D eigenvalue weighted by Crippen LogP contribution is -2.31. The first-order valence-electron chi connectivity index (χ1n) is 7.62. The second-order valence-corrected chi connectivity index (χ2v) is 6.11. The lowest BCUT2D eigenvalue weighted by atomic mass is 9.98. The lowest BCUT2D eigenvalue weighted by Gasteiger charge is -2.26. The second-order valence-electron chi connectivity index (χ2n) is 6.11. The Hall–Kier alpha value is -1.84. The van der Waals surface area contributed by atoms with Gasteiger partial charge < -0.3 is 10.2 Å². The maximum Gasteiger partial charge on any atom is 0.227 e. The first kappa shape index (κ1) is 15.5. The van der Waals surface area contributed by atoms with E-state index >= 15 is 0 Å². The molecule has 0 radical (unpaired) electrons. The van der Waals surface area contributed by atoms with Crippen molar-refractivity contribution in [2.45, 2.75) is 39.5 Å². The molecule has 1 aliphatic heterocycles. The number of hydrogen-bond donors (Lipinski definition) is 1. The van der Waals surface area contributed by atoms with Crippen LogP contribution in [0.5, 0.6) is 0 Å². The highest BCUT2D eigenvalue weighted by molar-refractivity contribution is 5.95. The van der Waals surface area contributed by atoms with Crippen LogP contribution in [0.2, 0.25) is 0 Å². The molecule has 21 heavy (non-hydrogen) atoms. The van der Waals surface area contributed by atoms with E-state index in [9.17, 15) is 9.59 Å². The van der Waals surface area contributed by atoms with Gasteiger partial charge in [-0.25, -0.2) is 0 Å². The molecule has 2 amide bonds. The van der Waals surface area contributed by atoms with Crippen molar-refractivity contribution in [2.75, 3.05) is 18.5 Å². The van der Waals surface area contributed by atoms with Crippen molar-refractivity contribution in [2.24, 2.45) is 5.92 Å². The zero-order valence-electron chi connectivity index (χ0n) is 13.1. The van der Waals surface area contributed by atoms with Gasteiger partial charge in [0.1, 0.15) is 0 Å². The van der Waals surface area contributed by atoms with E-state index in [-0.39, 0.29) is 11.8 Å². The molecule has 0 spiro atoms. The fraction of sp³-hybridized carbons (Fsp3) is 0.529. The Bertz CT molecular complexity index is 538. The summed E-state index contributed by atoms with van der Waals surface area (Å²) in [6.45, 7) is 4.75. The molecule has 1 aliphatic rings. The van der Waals surface area contributed by atoms with Crippen LogP contribution in [0.3, 0.4) is 0 Å². The average molecular weight is 288 g/mol. The Morgan fingerprint density at radius 2 is 2.10 bits per heavy atom. The molecule has 0 unspecified atom stereocenters. The molecule has 2 rings (SSSR count). The molecule has 1 heterocycles. The van der Waals surface area contributed by atoms with Crippen molar-refractivity contribution in [3.05, 3.63) is 29.3 Å². The number of fused-ring (bicyclic) bond motifs is 1. The van der Waals surface area contributed by atoms with Crippen molar-refractivity contribution < 1.29 is 9.59 Å². The fourth-order valence-electron chi connectivity index (χ4n) is 2.65.